The van der Waals surface area contributed by atoms with Crippen LogP contribution in [0.25, 0.3) is 0 Å². The summed E-state index contributed by atoms with van der Waals surface area (Å²) in [6.45, 7) is 4.95. The van der Waals surface area contributed by atoms with E-state index in [4.69, 9.17) is 10.5 Å². The van der Waals surface area contributed by atoms with Crippen molar-refractivity contribution >= 4 is 23.1 Å². The van der Waals surface area contributed by atoms with Crippen LogP contribution in [0.5, 0.6) is 5.75 Å². The Bertz CT molecular complexity index is 344. The summed E-state index contributed by atoms with van der Waals surface area (Å²) in [6, 6.07) is 6.29. The van der Waals surface area contributed by atoms with Gasteiger partial charge in [-0.05, 0) is 31.7 Å². The molecule has 1 unspecified atom stereocenters. The predicted molar refractivity (Wildman–Crippen MR) is 78.1 cm³/mol. The third-order valence-corrected chi connectivity index (χ3v) is 3.14. The fourth-order valence-corrected chi connectivity index (χ4v) is 2.12. The molecule has 3 nitrogen and oxygen atoms in total. The summed E-state index contributed by atoms with van der Waals surface area (Å²) < 4.78 is 5.60. The minimum Gasteiger partial charge on any atom is -0.491 e. The Hall–Kier alpha value is -1.03. The lowest BCUT2D eigenvalue weighted by Crippen LogP contribution is -2.17. The van der Waals surface area contributed by atoms with E-state index in [1.54, 1.807) is 0 Å². The normalized spacial score (nSPS) is 12.2. The summed E-state index contributed by atoms with van der Waals surface area (Å²) in [5.74, 6) is 1.85. The Balaban J connectivity index is 2.67. The molecule has 0 bridgehead atoms. The van der Waals surface area contributed by atoms with Crippen molar-refractivity contribution in [3.63, 3.8) is 0 Å². The van der Waals surface area contributed by atoms with Crippen LogP contribution in [0, 0.1) is 0 Å². The number of nitrogen functional groups attached to an aromatic ring is 1. The Morgan fingerprint density at radius 3 is 2.88 bits per heavy atom. The fourth-order valence-electron chi connectivity index (χ4n) is 1.54. The lowest BCUT2D eigenvalue weighted by Gasteiger charge is -2.16. The van der Waals surface area contributed by atoms with Gasteiger partial charge in [0.05, 0.1) is 12.3 Å². The van der Waals surface area contributed by atoms with Crippen LogP contribution in [0.3, 0.4) is 0 Å². The molecule has 0 saturated carbocycles. The largest absolute Gasteiger partial charge is 0.491 e. The van der Waals surface area contributed by atoms with Gasteiger partial charge in [0.25, 0.3) is 0 Å². The first kappa shape index (κ1) is 14.0. The predicted octanol–water partition coefficient (Wildman–Crippen LogP) is 3.22. The number of nitrogens with two attached hydrogens (primary N) is 1. The average Bonchev–Trinajstić information content (AvgIpc) is 2.30. The highest BCUT2D eigenvalue weighted by Gasteiger charge is 2.05. The summed E-state index contributed by atoms with van der Waals surface area (Å²) in [5.41, 5.74) is 7.62. The summed E-state index contributed by atoms with van der Waals surface area (Å²) in [7, 11) is 0. The first-order chi connectivity index (χ1) is 8.17. The van der Waals surface area contributed by atoms with Crippen molar-refractivity contribution in [1.29, 1.82) is 0 Å². The summed E-state index contributed by atoms with van der Waals surface area (Å²) in [4.78, 5) is 0. The van der Waals surface area contributed by atoms with E-state index in [1.165, 1.54) is 0 Å². The lowest BCUT2D eigenvalue weighted by atomic mass is 10.2. The molecule has 0 amide bonds. The van der Waals surface area contributed by atoms with E-state index in [2.05, 4.69) is 25.4 Å². The monoisotopic (exact) mass is 254 g/mol. The molecule has 1 aromatic rings. The number of ether oxygens (including phenoxy) is 1. The van der Waals surface area contributed by atoms with Crippen LogP contribution >= 0.6 is 11.8 Å². The highest BCUT2D eigenvalue weighted by molar-refractivity contribution is 7.98. The molecule has 1 aromatic carbocycles. The van der Waals surface area contributed by atoms with Gasteiger partial charge < -0.3 is 15.8 Å². The van der Waals surface area contributed by atoms with Crippen molar-refractivity contribution in [2.24, 2.45) is 0 Å². The number of hydrogen-bond donors (Lipinski definition) is 2. The van der Waals surface area contributed by atoms with Gasteiger partial charge in [0.15, 0.2) is 0 Å². The molecule has 0 fully saturated rings. The Kier molecular flexibility index (Phi) is 6.05. The van der Waals surface area contributed by atoms with E-state index in [0.717, 1.165) is 23.6 Å². The molecule has 4 heteroatoms. The van der Waals surface area contributed by atoms with Gasteiger partial charge in [0.1, 0.15) is 5.75 Å². The summed E-state index contributed by atoms with van der Waals surface area (Å²) in [5, 5.41) is 3.43. The van der Waals surface area contributed by atoms with Crippen molar-refractivity contribution in [2.75, 3.05) is 29.7 Å². The molecule has 0 aliphatic rings. The second-order valence-corrected chi connectivity index (χ2v) is 5.01. The average molecular weight is 254 g/mol. The van der Waals surface area contributed by atoms with E-state index in [9.17, 15) is 0 Å². The smallest absolute Gasteiger partial charge is 0.144 e. The maximum Gasteiger partial charge on any atom is 0.144 e. The standard InChI is InChI=1S/C13H22N2OS/c1-4-7-16-13-8-11(5-6-12(13)14)15-10(2)9-17-3/h5-6,8,10,15H,4,7,9,14H2,1-3H3. The molecule has 0 heterocycles. The van der Waals surface area contributed by atoms with E-state index < -0.39 is 0 Å². The first-order valence-electron chi connectivity index (χ1n) is 5.95. The van der Waals surface area contributed by atoms with Crippen LogP contribution in [0.4, 0.5) is 11.4 Å². The number of benzene rings is 1. The molecule has 1 atom stereocenters. The van der Waals surface area contributed by atoms with E-state index in [1.807, 2.05) is 30.0 Å². The maximum atomic E-state index is 5.86. The molecule has 0 spiro atoms. The quantitative estimate of drug-likeness (QED) is 0.733. The Morgan fingerprint density at radius 2 is 2.24 bits per heavy atom. The number of nitrogens with one attached hydrogen (secondary N) is 1. The van der Waals surface area contributed by atoms with Crippen molar-refractivity contribution in [3.05, 3.63) is 18.2 Å². The highest BCUT2D eigenvalue weighted by Crippen LogP contribution is 2.26. The maximum absolute atomic E-state index is 5.86. The van der Waals surface area contributed by atoms with E-state index in [-0.39, 0.29) is 0 Å². The molecule has 0 saturated heterocycles. The molecular formula is C13H22N2OS. The van der Waals surface area contributed by atoms with Crippen molar-refractivity contribution < 1.29 is 4.74 Å². The highest BCUT2D eigenvalue weighted by atomic mass is 32.2. The Morgan fingerprint density at radius 1 is 1.47 bits per heavy atom. The third kappa shape index (κ3) is 4.77. The zero-order valence-corrected chi connectivity index (χ0v) is 11.6. The first-order valence-corrected chi connectivity index (χ1v) is 7.34. The van der Waals surface area contributed by atoms with Gasteiger partial charge >= 0.3 is 0 Å². The molecule has 0 aliphatic carbocycles. The molecule has 17 heavy (non-hydrogen) atoms. The van der Waals surface area contributed by atoms with Gasteiger partial charge in [-0.1, -0.05) is 6.92 Å². The second-order valence-electron chi connectivity index (χ2n) is 4.10. The number of anilines is 2. The number of rotatable bonds is 7. The van der Waals surface area contributed by atoms with Crippen LogP contribution in [0.15, 0.2) is 18.2 Å². The van der Waals surface area contributed by atoms with Gasteiger partial charge in [-0.15, -0.1) is 0 Å². The van der Waals surface area contributed by atoms with E-state index >= 15 is 0 Å². The lowest BCUT2D eigenvalue weighted by molar-refractivity contribution is 0.319. The Labute approximate surface area is 108 Å². The molecular weight excluding hydrogens is 232 g/mol. The van der Waals surface area contributed by atoms with Crippen molar-refractivity contribution in [2.45, 2.75) is 26.3 Å². The van der Waals surface area contributed by atoms with Crippen molar-refractivity contribution in [3.8, 4) is 5.75 Å². The molecule has 0 radical (unpaired) electrons. The van der Waals surface area contributed by atoms with Gasteiger partial charge in [-0.2, -0.15) is 11.8 Å². The number of thioether (sulfide) groups is 1. The van der Waals surface area contributed by atoms with Gasteiger partial charge in [0, 0.05) is 23.5 Å². The molecule has 96 valence electrons. The van der Waals surface area contributed by atoms with Crippen LogP contribution in [-0.2, 0) is 0 Å². The summed E-state index contributed by atoms with van der Waals surface area (Å²) in [6.07, 6.45) is 3.09. The van der Waals surface area contributed by atoms with Gasteiger partial charge in [0.2, 0.25) is 0 Å². The molecule has 0 aliphatic heterocycles. The van der Waals surface area contributed by atoms with Crippen LogP contribution < -0.4 is 15.8 Å². The van der Waals surface area contributed by atoms with Crippen LogP contribution in [0.2, 0.25) is 0 Å². The third-order valence-electron chi connectivity index (χ3n) is 2.30. The zero-order valence-electron chi connectivity index (χ0n) is 10.8. The zero-order chi connectivity index (χ0) is 12.7. The fraction of sp³-hybridized carbons (Fsp3) is 0.538. The minimum atomic E-state index is 0.438. The minimum absolute atomic E-state index is 0.438. The van der Waals surface area contributed by atoms with Gasteiger partial charge in [-0.3, -0.25) is 0 Å². The van der Waals surface area contributed by atoms with E-state index in [0.29, 0.717) is 18.3 Å². The topological polar surface area (TPSA) is 47.3 Å². The summed E-state index contributed by atoms with van der Waals surface area (Å²) >= 11 is 1.83. The second kappa shape index (κ2) is 7.33. The van der Waals surface area contributed by atoms with Crippen LogP contribution in [-0.4, -0.2) is 24.7 Å². The van der Waals surface area contributed by atoms with Crippen LogP contribution in [0.1, 0.15) is 20.3 Å². The molecule has 1 rings (SSSR count). The number of hydrogen-bond acceptors (Lipinski definition) is 4. The van der Waals surface area contributed by atoms with Crippen molar-refractivity contribution in [1.82, 2.24) is 0 Å². The van der Waals surface area contributed by atoms with Gasteiger partial charge in [-0.25, -0.2) is 0 Å². The SMILES string of the molecule is CCCOc1cc(NC(C)CSC)ccc1N. The molecule has 0 aromatic heterocycles. The molecule has 3 N–H and O–H groups in total.